The Kier molecular flexibility index (Phi) is 25.0. The molecule has 0 radical (unpaired) electrons. The molecule has 2 fully saturated rings. The molecule has 0 bridgehead atoms. The summed E-state index contributed by atoms with van der Waals surface area (Å²) in [6.45, 7) is 2.38. The molecule has 92 heavy (non-hydrogen) atoms. The number of β-amino-alcohol motifs (C(OH)–C–C–N with tert-alkyl or cyclic N) is 1. The first-order chi connectivity index (χ1) is 43.8. The van der Waals surface area contributed by atoms with Crippen molar-refractivity contribution in [3.8, 4) is 5.75 Å². The second-order valence-electron chi connectivity index (χ2n) is 24.1. The molecule has 8 amide bonds. The van der Waals surface area contributed by atoms with Crippen LogP contribution in [0.15, 0.2) is 102 Å². The average molecular weight is 1270 g/mol. The van der Waals surface area contributed by atoms with Gasteiger partial charge in [0.05, 0.1) is 42.7 Å². The SMILES string of the molecule is CN=C(N)NCCC[C@H](CC(=O)[C@H](CC1CC1)NC(=O)CCC(=O)[C@H](Cc1ccc2ccccc2c1)NC(=O)[C@@H](CC(=O)[C@H](CC(N)=O)NC(=O)[C@@H]1C[C@@H](O)CN1C(=O)[C@@H](Cc1ccc(O)cc1)NC(C)=O)[C@@H](C)O)C(=O)N[C@@H](Cc1c[nH]c2ccccc12)C(N)=O. The Morgan fingerprint density at radius 1 is 0.696 bits per heavy atom. The summed E-state index contributed by atoms with van der Waals surface area (Å²) in [5.74, 6) is -10.7. The monoisotopic (exact) mass is 1270 g/mol. The van der Waals surface area contributed by atoms with Gasteiger partial charge in [0.15, 0.2) is 23.3 Å². The number of aromatic nitrogens is 1. The normalized spacial score (nSPS) is 17.4. The molecule has 1 aromatic heterocycles. The molecule has 2 heterocycles. The summed E-state index contributed by atoms with van der Waals surface area (Å²) >= 11 is 0. The number of benzene rings is 4. The lowest BCUT2D eigenvalue weighted by atomic mass is 9.90. The number of ketones is 3. The van der Waals surface area contributed by atoms with Crippen LogP contribution in [0.3, 0.4) is 0 Å². The number of Topliss-reactive ketones (excluding diaryl/α,β-unsaturated/α-hetero) is 3. The van der Waals surface area contributed by atoms with Crippen molar-refractivity contribution in [3.05, 3.63) is 114 Å². The molecule has 26 heteroatoms. The number of aromatic hydroxyl groups is 1. The van der Waals surface area contributed by atoms with Crippen LogP contribution in [0.1, 0.15) is 101 Å². The first-order valence-electron chi connectivity index (χ1n) is 30.9. The summed E-state index contributed by atoms with van der Waals surface area (Å²) in [4.78, 5) is 160. The lowest BCUT2D eigenvalue weighted by Gasteiger charge is -2.30. The number of nitrogens with two attached hydrogens (primary N) is 3. The molecule has 5 aromatic rings. The summed E-state index contributed by atoms with van der Waals surface area (Å²) in [5, 5.41) is 50.4. The number of carbonyl (C=O) groups is 11. The molecule has 10 atom stereocenters. The fourth-order valence-electron chi connectivity index (χ4n) is 11.5. The number of rotatable bonds is 35. The number of hydrogen-bond donors (Lipinski definition) is 13. The first kappa shape index (κ1) is 69.9. The van der Waals surface area contributed by atoms with E-state index >= 15 is 0 Å². The van der Waals surface area contributed by atoms with Crippen LogP contribution in [0.5, 0.6) is 5.75 Å². The van der Waals surface area contributed by atoms with Crippen LogP contribution in [-0.4, -0.2) is 164 Å². The molecule has 0 spiro atoms. The second kappa shape index (κ2) is 33.0. The van der Waals surface area contributed by atoms with E-state index in [-0.39, 0.29) is 69.1 Å². The summed E-state index contributed by atoms with van der Waals surface area (Å²) in [6, 6.07) is 18.2. The predicted octanol–water partition coefficient (Wildman–Crippen LogP) is 0.816. The van der Waals surface area contributed by atoms with Crippen LogP contribution in [0.2, 0.25) is 0 Å². The van der Waals surface area contributed by atoms with Gasteiger partial charge >= 0.3 is 0 Å². The van der Waals surface area contributed by atoms with E-state index in [2.05, 4.69) is 41.9 Å². The molecule has 1 saturated heterocycles. The molecule has 7 rings (SSSR count). The minimum absolute atomic E-state index is 0.0374. The fraction of sp³-hybridized carbons (Fsp3) is 0.455. The standard InChI is InChI=1S/C66H84N12O14/c1-36(79)48(32-58(85)52(33-59(67)86)76-64(91)55-31-46(82)35-78(55)65(92)54(73-37(2)80)27-39-17-20-45(81)21-18-39)63(90)75-50(28-40-16-19-41-9-4-5-10-42(41)25-40)56(83)22-23-60(87)74-51(26-38-14-15-38)57(84)30-43(11-8-24-71-66(69)70-3)62(89)77-53(61(68)88)29-44-34-72-49-13-7-6-12-47(44)49/h4-7,9-10,12-13,16-21,25,34,36,38,43,46,48,50-55,72,79,81-82H,8,11,14-15,22-24,26-33,35H2,1-3H3,(H2,67,86)(H2,68,88)(H,73,80)(H,74,87)(H,75,90)(H,76,91)(H,77,89)(H3,69,70,71)/t36-,43-,46-,48+,50+,51+,52+,53+,54-,55+/m1/s1. The molecule has 0 unspecified atom stereocenters. The zero-order chi connectivity index (χ0) is 66.8. The van der Waals surface area contributed by atoms with Crippen LogP contribution in [0.4, 0.5) is 0 Å². The molecular weight excluding hydrogens is 1180 g/mol. The molecule has 1 saturated carbocycles. The predicted molar refractivity (Wildman–Crippen MR) is 340 cm³/mol. The number of carbonyl (C=O) groups excluding carboxylic acids is 11. The molecule has 492 valence electrons. The Morgan fingerprint density at radius 3 is 2.03 bits per heavy atom. The number of H-pyrrole nitrogens is 1. The van der Waals surface area contributed by atoms with Crippen molar-refractivity contribution < 1.29 is 68.1 Å². The van der Waals surface area contributed by atoms with Gasteiger partial charge in [0.25, 0.3) is 0 Å². The van der Waals surface area contributed by atoms with Crippen molar-refractivity contribution in [2.45, 2.75) is 152 Å². The third-order valence-electron chi connectivity index (χ3n) is 16.8. The number of aliphatic imine (C=N–C) groups is 1. The van der Waals surface area contributed by atoms with E-state index in [1.54, 1.807) is 12.3 Å². The number of amides is 8. The van der Waals surface area contributed by atoms with E-state index in [4.69, 9.17) is 17.2 Å². The number of nitrogens with one attached hydrogen (secondary N) is 7. The number of likely N-dealkylation sites (tertiary alicyclic amines) is 1. The maximum atomic E-state index is 14.5. The molecular formula is C66H84N12O14. The van der Waals surface area contributed by atoms with Gasteiger partial charge in [0.2, 0.25) is 47.3 Å². The van der Waals surface area contributed by atoms with Crippen molar-refractivity contribution in [2.24, 2.45) is 39.9 Å². The molecule has 4 aromatic carbocycles. The highest BCUT2D eigenvalue weighted by Crippen LogP contribution is 2.34. The molecule has 1 aliphatic heterocycles. The van der Waals surface area contributed by atoms with Gasteiger partial charge in [-0.2, -0.15) is 0 Å². The Balaban J connectivity index is 1.04. The number of hydrogen-bond acceptors (Lipinski definition) is 15. The first-order valence-corrected chi connectivity index (χ1v) is 30.9. The van der Waals surface area contributed by atoms with Gasteiger partial charge in [-0.3, -0.25) is 57.7 Å². The molecule has 16 N–H and O–H groups in total. The zero-order valence-electron chi connectivity index (χ0n) is 51.9. The Morgan fingerprint density at radius 2 is 1.36 bits per heavy atom. The highest BCUT2D eigenvalue weighted by molar-refractivity contribution is 6.00. The Labute approximate surface area is 532 Å². The van der Waals surface area contributed by atoms with Crippen molar-refractivity contribution in [1.29, 1.82) is 0 Å². The number of aromatic amines is 1. The van der Waals surface area contributed by atoms with E-state index in [9.17, 15) is 68.1 Å². The van der Waals surface area contributed by atoms with E-state index in [0.717, 1.165) is 45.0 Å². The largest absolute Gasteiger partial charge is 0.508 e. The lowest BCUT2D eigenvalue weighted by molar-refractivity contribution is -0.142. The molecule has 1 aliphatic carbocycles. The summed E-state index contributed by atoms with van der Waals surface area (Å²) < 4.78 is 0. The number of aliphatic hydroxyl groups is 2. The van der Waals surface area contributed by atoms with Gasteiger partial charge in [-0.15, -0.1) is 0 Å². The van der Waals surface area contributed by atoms with E-state index < -0.39 is 151 Å². The smallest absolute Gasteiger partial charge is 0.246 e. The minimum atomic E-state index is -1.71. The maximum absolute atomic E-state index is 14.5. The van der Waals surface area contributed by atoms with Gasteiger partial charge in [-0.05, 0) is 84.2 Å². The lowest BCUT2D eigenvalue weighted by Crippen LogP contribution is -2.56. The summed E-state index contributed by atoms with van der Waals surface area (Å²) in [7, 11) is 1.51. The van der Waals surface area contributed by atoms with Gasteiger partial charge < -0.3 is 74.3 Å². The quantitative estimate of drug-likeness (QED) is 0.0152. The number of phenolic OH excluding ortho intramolecular Hbond substituents is 1. The van der Waals surface area contributed by atoms with Crippen molar-refractivity contribution in [1.82, 2.24) is 41.8 Å². The van der Waals surface area contributed by atoms with Crippen LogP contribution in [0.25, 0.3) is 21.7 Å². The maximum Gasteiger partial charge on any atom is 0.246 e. The minimum Gasteiger partial charge on any atom is -0.508 e. The van der Waals surface area contributed by atoms with Crippen LogP contribution >= 0.6 is 0 Å². The van der Waals surface area contributed by atoms with Crippen LogP contribution in [-0.2, 0) is 72.0 Å². The number of phenols is 1. The Hall–Kier alpha value is -9.56. The second-order valence-corrected chi connectivity index (χ2v) is 24.1. The van der Waals surface area contributed by atoms with Gasteiger partial charge in [-0.25, -0.2) is 0 Å². The zero-order valence-corrected chi connectivity index (χ0v) is 51.9. The molecule has 2 aliphatic rings. The van der Waals surface area contributed by atoms with E-state index in [0.29, 0.717) is 24.1 Å². The highest BCUT2D eigenvalue weighted by Gasteiger charge is 2.43. The molecule has 26 nitrogen and oxygen atoms in total. The van der Waals surface area contributed by atoms with E-state index in [1.165, 1.54) is 45.2 Å². The number of guanidine groups is 1. The topological polar surface area (TPSA) is 430 Å². The van der Waals surface area contributed by atoms with Crippen molar-refractivity contribution in [2.75, 3.05) is 20.1 Å². The third-order valence-corrected chi connectivity index (χ3v) is 16.8. The van der Waals surface area contributed by atoms with Crippen molar-refractivity contribution in [3.63, 3.8) is 0 Å². The summed E-state index contributed by atoms with van der Waals surface area (Å²) in [6.07, 6.45) is -1.86. The van der Waals surface area contributed by atoms with Crippen LogP contribution < -0.4 is 49.1 Å². The van der Waals surface area contributed by atoms with Gasteiger partial charge in [0, 0.05) is 95.0 Å². The van der Waals surface area contributed by atoms with Crippen LogP contribution in [0, 0.1) is 17.8 Å². The number of nitrogens with zero attached hydrogens (tertiary/aromatic N) is 2. The van der Waals surface area contributed by atoms with Crippen molar-refractivity contribution >= 4 is 92.2 Å². The highest BCUT2D eigenvalue weighted by atomic mass is 16.3. The number of primary amides is 2. The Bertz CT molecular complexity index is 3530. The third kappa shape index (κ3) is 20.5. The van der Waals surface area contributed by atoms with Gasteiger partial charge in [0.1, 0.15) is 23.9 Å². The average Bonchev–Trinajstić information content (AvgIpc) is 1.73. The van der Waals surface area contributed by atoms with Gasteiger partial charge in [-0.1, -0.05) is 85.6 Å². The van der Waals surface area contributed by atoms with E-state index in [1.807, 2.05) is 60.7 Å². The number of fused-ring (bicyclic) bond motifs is 2. The fourth-order valence-corrected chi connectivity index (χ4v) is 11.5. The number of para-hydroxylation sites is 1. The summed E-state index contributed by atoms with van der Waals surface area (Å²) in [5.41, 5.74) is 19.9. The number of aliphatic hydroxyl groups excluding tert-OH is 2.